The van der Waals surface area contributed by atoms with Gasteiger partial charge in [0.05, 0.1) is 0 Å². The molecule has 33 heavy (non-hydrogen) atoms. The highest BCUT2D eigenvalue weighted by atomic mass is 16.3. The molecule has 0 unspecified atom stereocenters. The Hall–Kier alpha value is -4.36. The van der Waals surface area contributed by atoms with Gasteiger partial charge in [-0.3, -0.25) is 0 Å². The van der Waals surface area contributed by atoms with Gasteiger partial charge in [0.25, 0.3) is 0 Å². The van der Waals surface area contributed by atoms with Crippen molar-refractivity contribution < 1.29 is 4.42 Å². The van der Waals surface area contributed by atoms with Crippen LogP contribution in [0.4, 0.5) is 0 Å². The van der Waals surface area contributed by atoms with E-state index in [-0.39, 0.29) is 0 Å². The fraction of sp³-hybridized carbons (Fsp3) is 0. The molecule has 0 aliphatic rings. The molecule has 1 heterocycles. The van der Waals surface area contributed by atoms with E-state index < -0.39 is 0 Å². The summed E-state index contributed by atoms with van der Waals surface area (Å²) in [6.45, 7) is 0. The van der Waals surface area contributed by atoms with Crippen molar-refractivity contribution >= 4 is 43.5 Å². The summed E-state index contributed by atoms with van der Waals surface area (Å²) in [5, 5.41) is 7.39. The lowest BCUT2D eigenvalue weighted by molar-refractivity contribution is 0.669. The molecule has 1 heteroatoms. The lowest BCUT2D eigenvalue weighted by atomic mass is 9.86. The molecule has 154 valence electrons. The van der Waals surface area contributed by atoms with Crippen molar-refractivity contribution in [1.82, 2.24) is 0 Å². The van der Waals surface area contributed by atoms with Gasteiger partial charge in [0, 0.05) is 10.8 Å². The number of fused-ring (bicyclic) bond motifs is 5. The molecule has 0 fully saturated rings. The molecular formula is C32H20O. The summed E-state index contributed by atoms with van der Waals surface area (Å²) in [7, 11) is 0. The van der Waals surface area contributed by atoms with Crippen molar-refractivity contribution in [1.29, 1.82) is 0 Å². The highest BCUT2D eigenvalue weighted by Crippen LogP contribution is 2.44. The molecular weight excluding hydrogens is 400 g/mol. The lowest BCUT2D eigenvalue weighted by Gasteiger charge is -2.17. The van der Waals surface area contributed by atoms with Crippen LogP contribution < -0.4 is 0 Å². The first kappa shape index (κ1) is 18.2. The van der Waals surface area contributed by atoms with Crippen LogP contribution in [0.15, 0.2) is 126 Å². The molecule has 0 saturated carbocycles. The maximum atomic E-state index is 6.10. The molecule has 7 aromatic rings. The fourth-order valence-electron chi connectivity index (χ4n) is 5.24. The summed E-state index contributed by atoms with van der Waals surface area (Å²) in [6.07, 6.45) is 0. The Bertz CT molecular complexity index is 1750. The van der Waals surface area contributed by atoms with Crippen molar-refractivity contribution in [2.75, 3.05) is 0 Å². The molecule has 0 spiro atoms. The van der Waals surface area contributed by atoms with Crippen LogP contribution in [-0.4, -0.2) is 0 Å². The SMILES string of the molecule is c1ccc(-c2c3ccccc3c(-c3ccc4oc5ccccc5c4c3)c3ccccc23)cc1. The highest BCUT2D eigenvalue weighted by Gasteiger charge is 2.17. The third-order valence-corrected chi connectivity index (χ3v) is 6.66. The first-order valence-electron chi connectivity index (χ1n) is 11.3. The van der Waals surface area contributed by atoms with Gasteiger partial charge in [-0.25, -0.2) is 0 Å². The Morgan fingerprint density at radius 2 is 0.818 bits per heavy atom. The Labute approximate surface area is 191 Å². The van der Waals surface area contributed by atoms with Gasteiger partial charge in [-0.15, -0.1) is 0 Å². The van der Waals surface area contributed by atoms with Gasteiger partial charge in [0.1, 0.15) is 11.2 Å². The van der Waals surface area contributed by atoms with Crippen molar-refractivity contribution in [2.45, 2.75) is 0 Å². The average molecular weight is 421 g/mol. The largest absolute Gasteiger partial charge is 0.456 e. The zero-order valence-corrected chi connectivity index (χ0v) is 18.0. The van der Waals surface area contributed by atoms with E-state index >= 15 is 0 Å². The number of rotatable bonds is 2. The number of para-hydroxylation sites is 1. The molecule has 0 aliphatic carbocycles. The van der Waals surface area contributed by atoms with Crippen molar-refractivity contribution in [2.24, 2.45) is 0 Å². The summed E-state index contributed by atoms with van der Waals surface area (Å²) in [5.74, 6) is 0. The van der Waals surface area contributed by atoms with Crippen molar-refractivity contribution in [3.8, 4) is 22.3 Å². The zero-order chi connectivity index (χ0) is 21.8. The summed E-state index contributed by atoms with van der Waals surface area (Å²) >= 11 is 0. The van der Waals surface area contributed by atoms with E-state index in [1.165, 1.54) is 43.8 Å². The molecule has 0 radical (unpaired) electrons. The zero-order valence-electron chi connectivity index (χ0n) is 18.0. The van der Waals surface area contributed by atoms with Crippen LogP contribution in [-0.2, 0) is 0 Å². The van der Waals surface area contributed by atoms with Crippen molar-refractivity contribution in [3.05, 3.63) is 121 Å². The minimum Gasteiger partial charge on any atom is -0.456 e. The summed E-state index contributed by atoms with van der Waals surface area (Å²) in [6, 6.07) is 43.1. The summed E-state index contributed by atoms with van der Waals surface area (Å²) in [4.78, 5) is 0. The van der Waals surface area contributed by atoms with E-state index in [4.69, 9.17) is 4.42 Å². The topological polar surface area (TPSA) is 13.1 Å². The third kappa shape index (κ3) is 2.73. The maximum absolute atomic E-state index is 6.10. The second-order valence-corrected chi connectivity index (χ2v) is 8.52. The van der Waals surface area contributed by atoms with Gasteiger partial charge >= 0.3 is 0 Å². The van der Waals surface area contributed by atoms with Crippen LogP contribution in [0.3, 0.4) is 0 Å². The van der Waals surface area contributed by atoms with E-state index in [2.05, 4.69) is 109 Å². The van der Waals surface area contributed by atoms with Gasteiger partial charge in [0.2, 0.25) is 0 Å². The minimum atomic E-state index is 0.925. The monoisotopic (exact) mass is 420 g/mol. The van der Waals surface area contributed by atoms with E-state index in [1.54, 1.807) is 0 Å². The Morgan fingerprint density at radius 1 is 0.333 bits per heavy atom. The highest BCUT2D eigenvalue weighted by molar-refractivity contribution is 6.22. The molecule has 1 aromatic heterocycles. The number of benzene rings is 6. The van der Waals surface area contributed by atoms with Gasteiger partial charge < -0.3 is 4.42 Å². The Balaban J connectivity index is 1.63. The molecule has 0 N–H and O–H groups in total. The van der Waals surface area contributed by atoms with Crippen LogP contribution in [0, 0.1) is 0 Å². The van der Waals surface area contributed by atoms with Gasteiger partial charge in [0.15, 0.2) is 0 Å². The van der Waals surface area contributed by atoms with Crippen LogP contribution in [0.5, 0.6) is 0 Å². The maximum Gasteiger partial charge on any atom is 0.135 e. The van der Waals surface area contributed by atoms with Crippen LogP contribution >= 0.6 is 0 Å². The minimum absolute atomic E-state index is 0.925. The molecule has 0 aliphatic heterocycles. The number of hydrogen-bond acceptors (Lipinski definition) is 1. The smallest absolute Gasteiger partial charge is 0.135 e. The van der Waals surface area contributed by atoms with Crippen molar-refractivity contribution in [3.63, 3.8) is 0 Å². The van der Waals surface area contributed by atoms with Crippen LogP contribution in [0.2, 0.25) is 0 Å². The van der Waals surface area contributed by atoms with E-state index in [0.717, 1.165) is 21.9 Å². The Morgan fingerprint density at radius 3 is 1.45 bits per heavy atom. The second kappa shape index (κ2) is 7.08. The van der Waals surface area contributed by atoms with E-state index in [1.807, 2.05) is 12.1 Å². The quantitative estimate of drug-likeness (QED) is 0.254. The molecule has 0 bridgehead atoms. The average Bonchev–Trinajstić information content (AvgIpc) is 3.25. The fourth-order valence-corrected chi connectivity index (χ4v) is 5.24. The molecule has 0 amide bonds. The normalized spacial score (nSPS) is 11.6. The molecule has 6 aromatic carbocycles. The molecule has 1 nitrogen and oxygen atoms in total. The lowest BCUT2D eigenvalue weighted by Crippen LogP contribution is -1.90. The first-order chi connectivity index (χ1) is 16.4. The van der Waals surface area contributed by atoms with Gasteiger partial charge in [-0.05, 0) is 62.0 Å². The van der Waals surface area contributed by atoms with Crippen LogP contribution in [0.1, 0.15) is 0 Å². The summed E-state index contributed by atoms with van der Waals surface area (Å²) < 4.78 is 6.10. The number of hydrogen-bond donors (Lipinski definition) is 0. The first-order valence-corrected chi connectivity index (χ1v) is 11.3. The van der Waals surface area contributed by atoms with Gasteiger partial charge in [-0.2, -0.15) is 0 Å². The second-order valence-electron chi connectivity index (χ2n) is 8.52. The third-order valence-electron chi connectivity index (χ3n) is 6.66. The molecule has 7 rings (SSSR count). The number of furan rings is 1. The van der Waals surface area contributed by atoms with Crippen LogP contribution in [0.25, 0.3) is 65.7 Å². The summed E-state index contributed by atoms with van der Waals surface area (Å²) in [5.41, 5.74) is 6.87. The predicted molar refractivity (Wildman–Crippen MR) is 140 cm³/mol. The standard InChI is InChI=1S/C32H20O/c1-2-10-21(11-3-1)31-24-13-4-6-15-26(24)32(27-16-7-5-14-25(27)31)22-18-19-30-28(20-22)23-12-8-9-17-29(23)33-30/h1-20H. The van der Waals surface area contributed by atoms with E-state index in [0.29, 0.717) is 0 Å². The van der Waals surface area contributed by atoms with E-state index in [9.17, 15) is 0 Å². The molecule has 0 atom stereocenters. The Kier molecular flexibility index (Phi) is 3.91. The predicted octanol–water partition coefficient (Wildman–Crippen LogP) is 9.23. The molecule has 0 saturated heterocycles. The van der Waals surface area contributed by atoms with Gasteiger partial charge in [-0.1, -0.05) is 103 Å².